The zero-order valence-electron chi connectivity index (χ0n) is 17.0. The van der Waals surface area contributed by atoms with Crippen molar-refractivity contribution in [1.29, 1.82) is 0 Å². The van der Waals surface area contributed by atoms with Gasteiger partial charge < -0.3 is 4.52 Å². The van der Waals surface area contributed by atoms with Crippen molar-refractivity contribution in [3.8, 4) is 22.6 Å². The highest BCUT2D eigenvalue weighted by molar-refractivity contribution is 5.63. The molecule has 2 fully saturated rings. The minimum Gasteiger partial charge on any atom is -0.334 e. The lowest BCUT2D eigenvalue weighted by molar-refractivity contribution is 0.273. The molecular formula is C24H23N5O. The molecule has 6 heteroatoms. The van der Waals surface area contributed by atoms with Gasteiger partial charge in [0.15, 0.2) is 5.82 Å². The normalized spacial score (nSPS) is 17.6. The molecular weight excluding hydrogens is 374 g/mol. The fourth-order valence-corrected chi connectivity index (χ4v) is 4.42. The van der Waals surface area contributed by atoms with Crippen LogP contribution in [-0.2, 0) is 12.5 Å². The van der Waals surface area contributed by atoms with Gasteiger partial charge in [0.25, 0.3) is 5.89 Å². The molecule has 6 nitrogen and oxygen atoms in total. The Balaban J connectivity index is 1.29. The highest BCUT2D eigenvalue weighted by atomic mass is 16.5. The van der Waals surface area contributed by atoms with Gasteiger partial charge in [0.05, 0.1) is 17.2 Å². The van der Waals surface area contributed by atoms with Crippen LogP contribution in [0.2, 0.25) is 0 Å². The van der Waals surface area contributed by atoms with Gasteiger partial charge in [0.1, 0.15) is 0 Å². The largest absolute Gasteiger partial charge is 0.334 e. The molecule has 2 aliphatic carbocycles. The van der Waals surface area contributed by atoms with Crippen LogP contribution in [0.4, 0.5) is 0 Å². The lowest BCUT2D eigenvalue weighted by Crippen LogP contribution is -2.36. The first kappa shape index (κ1) is 17.6. The van der Waals surface area contributed by atoms with E-state index in [9.17, 15) is 0 Å². The summed E-state index contributed by atoms with van der Waals surface area (Å²) in [4.78, 5) is 9.39. The Hall–Kier alpha value is -3.28. The maximum atomic E-state index is 5.57. The van der Waals surface area contributed by atoms with Gasteiger partial charge in [-0.25, -0.2) is 0 Å². The molecule has 4 aromatic rings. The lowest BCUT2D eigenvalue weighted by Gasteiger charge is -2.39. The van der Waals surface area contributed by atoms with Crippen LogP contribution >= 0.6 is 0 Å². The van der Waals surface area contributed by atoms with Crippen molar-refractivity contribution in [2.45, 2.75) is 43.4 Å². The van der Waals surface area contributed by atoms with E-state index in [2.05, 4.69) is 51.6 Å². The molecule has 0 amide bonds. The predicted octanol–water partition coefficient (Wildman–Crippen LogP) is 4.88. The number of pyridine rings is 1. The van der Waals surface area contributed by atoms with E-state index in [0.717, 1.165) is 29.8 Å². The monoisotopic (exact) mass is 397 g/mol. The molecule has 0 spiro atoms. The Kier molecular flexibility index (Phi) is 3.88. The first-order valence-corrected chi connectivity index (χ1v) is 10.6. The van der Waals surface area contributed by atoms with Crippen LogP contribution in [0.15, 0.2) is 59.5 Å². The summed E-state index contributed by atoms with van der Waals surface area (Å²) in [5.74, 6) is 1.99. The topological polar surface area (TPSA) is 69.6 Å². The Morgan fingerprint density at radius 1 is 0.967 bits per heavy atom. The number of nitrogens with zero attached hydrogens (tertiary/aromatic N) is 5. The van der Waals surface area contributed by atoms with Crippen LogP contribution in [-0.4, -0.2) is 24.9 Å². The van der Waals surface area contributed by atoms with Crippen molar-refractivity contribution in [3.05, 3.63) is 72.1 Å². The lowest BCUT2D eigenvalue weighted by atomic mass is 9.64. The van der Waals surface area contributed by atoms with Crippen molar-refractivity contribution >= 4 is 0 Å². The van der Waals surface area contributed by atoms with E-state index < -0.39 is 0 Å². The SMILES string of the molecule is Cn1cc(-c2nc(C3(c4ccc(-c5ccc(C6CC6)nc5)cc4)CCC3)no2)cn1. The van der Waals surface area contributed by atoms with Gasteiger partial charge in [-0.05, 0) is 42.9 Å². The van der Waals surface area contributed by atoms with Crippen LogP contribution in [0.3, 0.4) is 0 Å². The number of hydrogen-bond acceptors (Lipinski definition) is 5. The van der Waals surface area contributed by atoms with Crippen LogP contribution < -0.4 is 0 Å². The first-order chi connectivity index (χ1) is 14.7. The number of benzene rings is 1. The molecule has 30 heavy (non-hydrogen) atoms. The molecule has 2 aliphatic rings. The Morgan fingerprint density at radius 2 is 1.77 bits per heavy atom. The number of aromatic nitrogens is 5. The van der Waals surface area contributed by atoms with Crippen molar-refractivity contribution in [2.24, 2.45) is 7.05 Å². The zero-order chi connectivity index (χ0) is 20.1. The van der Waals surface area contributed by atoms with Crippen molar-refractivity contribution in [1.82, 2.24) is 24.9 Å². The number of rotatable bonds is 5. The summed E-state index contributed by atoms with van der Waals surface area (Å²) in [5, 5.41) is 8.55. The van der Waals surface area contributed by atoms with E-state index in [0.29, 0.717) is 11.8 Å². The van der Waals surface area contributed by atoms with E-state index in [1.165, 1.54) is 36.1 Å². The second-order valence-corrected chi connectivity index (χ2v) is 8.58. The highest BCUT2D eigenvalue weighted by Gasteiger charge is 2.44. The molecule has 0 unspecified atom stereocenters. The van der Waals surface area contributed by atoms with Gasteiger partial charge in [-0.15, -0.1) is 0 Å². The smallest absolute Gasteiger partial charge is 0.261 e. The highest BCUT2D eigenvalue weighted by Crippen LogP contribution is 2.48. The Morgan fingerprint density at radius 3 is 2.37 bits per heavy atom. The number of hydrogen-bond donors (Lipinski definition) is 0. The Bertz CT molecular complexity index is 1180. The molecule has 2 saturated carbocycles. The molecule has 3 heterocycles. The van der Waals surface area contributed by atoms with Crippen LogP contribution in [0.5, 0.6) is 0 Å². The van der Waals surface area contributed by atoms with E-state index in [-0.39, 0.29) is 5.41 Å². The molecule has 0 atom stereocenters. The molecule has 150 valence electrons. The summed E-state index contributed by atoms with van der Waals surface area (Å²) in [6, 6.07) is 13.2. The average Bonchev–Trinajstić information content (AvgIpc) is 3.33. The average molecular weight is 397 g/mol. The van der Waals surface area contributed by atoms with Gasteiger partial charge in [0, 0.05) is 36.6 Å². The van der Waals surface area contributed by atoms with Gasteiger partial charge in [-0.2, -0.15) is 10.1 Å². The summed E-state index contributed by atoms with van der Waals surface area (Å²) < 4.78 is 7.31. The molecule has 6 rings (SSSR count). The quantitative estimate of drug-likeness (QED) is 0.480. The zero-order valence-corrected chi connectivity index (χ0v) is 17.0. The van der Waals surface area contributed by atoms with Crippen LogP contribution in [0, 0.1) is 0 Å². The summed E-state index contributed by atoms with van der Waals surface area (Å²) in [6.07, 6.45) is 11.5. The van der Waals surface area contributed by atoms with E-state index in [4.69, 9.17) is 9.51 Å². The molecule has 0 bridgehead atoms. The summed E-state index contributed by atoms with van der Waals surface area (Å²) in [7, 11) is 1.88. The van der Waals surface area contributed by atoms with E-state index >= 15 is 0 Å². The third kappa shape index (κ3) is 2.86. The fraction of sp³-hybridized carbons (Fsp3) is 0.333. The first-order valence-electron chi connectivity index (χ1n) is 10.6. The van der Waals surface area contributed by atoms with Gasteiger partial charge in [-0.3, -0.25) is 9.67 Å². The summed E-state index contributed by atoms with van der Waals surface area (Å²) >= 11 is 0. The standard InChI is InChI=1S/C24H23N5O/c1-29-15-19(14-26-29)22-27-23(28-30-22)24(11-2-12-24)20-8-5-16(6-9-20)18-7-10-21(25-13-18)17-3-4-17/h5-10,13-15,17H,2-4,11-12H2,1H3. The van der Waals surface area contributed by atoms with E-state index in [1.807, 2.05) is 19.4 Å². The van der Waals surface area contributed by atoms with E-state index in [1.54, 1.807) is 10.9 Å². The maximum absolute atomic E-state index is 5.57. The summed E-state index contributed by atoms with van der Waals surface area (Å²) in [6.45, 7) is 0. The molecule has 0 saturated heterocycles. The summed E-state index contributed by atoms with van der Waals surface area (Å²) in [5.41, 5.74) is 5.52. The van der Waals surface area contributed by atoms with Crippen LogP contribution in [0.25, 0.3) is 22.6 Å². The molecule has 0 radical (unpaired) electrons. The molecule has 1 aromatic carbocycles. The van der Waals surface area contributed by atoms with Gasteiger partial charge in [-0.1, -0.05) is 41.9 Å². The second-order valence-electron chi connectivity index (χ2n) is 8.58. The minimum absolute atomic E-state index is 0.156. The molecule has 0 N–H and O–H groups in total. The number of aryl methyl sites for hydroxylation is 1. The van der Waals surface area contributed by atoms with Gasteiger partial charge >= 0.3 is 0 Å². The third-order valence-corrected chi connectivity index (χ3v) is 6.57. The maximum Gasteiger partial charge on any atom is 0.261 e. The van der Waals surface area contributed by atoms with Crippen molar-refractivity contribution in [3.63, 3.8) is 0 Å². The van der Waals surface area contributed by atoms with Gasteiger partial charge in [0.2, 0.25) is 0 Å². The Labute approximate surface area is 175 Å². The molecule has 0 aliphatic heterocycles. The third-order valence-electron chi connectivity index (χ3n) is 6.57. The van der Waals surface area contributed by atoms with Crippen molar-refractivity contribution in [2.75, 3.05) is 0 Å². The predicted molar refractivity (Wildman–Crippen MR) is 113 cm³/mol. The van der Waals surface area contributed by atoms with Crippen LogP contribution in [0.1, 0.15) is 55.1 Å². The molecule has 3 aromatic heterocycles. The van der Waals surface area contributed by atoms with Crippen molar-refractivity contribution < 1.29 is 4.52 Å². The second kappa shape index (κ2) is 6.62. The minimum atomic E-state index is -0.156. The fourth-order valence-electron chi connectivity index (χ4n) is 4.42.